The third-order valence-electron chi connectivity index (χ3n) is 6.12. The Morgan fingerprint density at radius 1 is 1.06 bits per heavy atom. The molecule has 0 aliphatic carbocycles. The molecule has 1 aliphatic rings. The highest BCUT2D eigenvalue weighted by molar-refractivity contribution is 7.92. The van der Waals surface area contributed by atoms with E-state index in [9.17, 15) is 13.2 Å². The fraction of sp³-hybridized carbons (Fsp3) is 0.480. The first-order valence-corrected chi connectivity index (χ1v) is 13.0. The van der Waals surface area contributed by atoms with Crippen molar-refractivity contribution in [2.75, 3.05) is 36.9 Å². The number of nitrogens with one attached hydrogen (secondary N) is 1. The largest absolute Gasteiger partial charge is 0.381 e. The number of carbonyl (C=O) groups excluding carboxylic acids is 1. The van der Waals surface area contributed by atoms with E-state index in [0.29, 0.717) is 31.9 Å². The van der Waals surface area contributed by atoms with Crippen LogP contribution < -0.4 is 9.62 Å². The van der Waals surface area contributed by atoms with Gasteiger partial charge in [0.2, 0.25) is 15.9 Å². The highest BCUT2D eigenvalue weighted by Crippen LogP contribution is 2.34. The van der Waals surface area contributed by atoms with Crippen molar-refractivity contribution in [3.63, 3.8) is 0 Å². The highest BCUT2D eigenvalue weighted by atomic mass is 32.2. The molecule has 1 aliphatic heterocycles. The molecule has 2 aromatic carbocycles. The number of anilines is 1. The van der Waals surface area contributed by atoms with E-state index in [1.54, 1.807) is 0 Å². The lowest BCUT2D eigenvalue weighted by Gasteiger charge is -2.38. The van der Waals surface area contributed by atoms with Crippen molar-refractivity contribution in [2.45, 2.75) is 44.9 Å². The summed E-state index contributed by atoms with van der Waals surface area (Å²) in [6, 6.07) is 16.0. The minimum Gasteiger partial charge on any atom is -0.381 e. The molecule has 1 amide bonds. The summed E-state index contributed by atoms with van der Waals surface area (Å²) in [5, 5.41) is 3.10. The molecule has 0 spiro atoms. The minimum absolute atomic E-state index is 0.0549. The van der Waals surface area contributed by atoms with Gasteiger partial charge in [-0.25, -0.2) is 8.42 Å². The van der Waals surface area contributed by atoms with Crippen LogP contribution in [0.2, 0.25) is 0 Å². The lowest BCUT2D eigenvalue weighted by atomic mass is 9.74. The van der Waals surface area contributed by atoms with E-state index in [2.05, 4.69) is 17.4 Å². The van der Waals surface area contributed by atoms with E-state index in [1.165, 1.54) is 16.1 Å². The van der Waals surface area contributed by atoms with Gasteiger partial charge in [0.05, 0.1) is 11.9 Å². The second-order valence-electron chi connectivity index (χ2n) is 8.82. The predicted octanol–water partition coefficient (Wildman–Crippen LogP) is 3.71. The van der Waals surface area contributed by atoms with Crippen molar-refractivity contribution in [3.05, 3.63) is 65.2 Å². The molecule has 0 saturated carbocycles. The first kappa shape index (κ1) is 24.3. The van der Waals surface area contributed by atoms with Crippen LogP contribution in [-0.4, -0.2) is 46.9 Å². The monoisotopic (exact) mass is 458 g/mol. The molecule has 0 atom stereocenters. The molecule has 32 heavy (non-hydrogen) atoms. The van der Waals surface area contributed by atoms with Crippen LogP contribution in [0.5, 0.6) is 0 Å². The standard InChI is InChI=1S/C25H34N2O4S/c1-20-16-21(2)18-23(17-20)27(32(3,29)30)13-7-10-24(28)26-19-25(11-14-31-15-12-25)22-8-5-4-6-9-22/h4-6,8-9,16-18H,7,10-15,19H2,1-3H3,(H,26,28). The van der Waals surface area contributed by atoms with Gasteiger partial charge in [-0.15, -0.1) is 0 Å². The Labute approximate surface area is 192 Å². The number of sulfonamides is 1. The zero-order valence-corrected chi connectivity index (χ0v) is 20.1. The fourth-order valence-electron chi connectivity index (χ4n) is 4.44. The molecular weight excluding hydrogens is 424 g/mol. The number of aryl methyl sites for hydroxylation is 2. The van der Waals surface area contributed by atoms with E-state index in [0.717, 1.165) is 24.0 Å². The van der Waals surface area contributed by atoms with Crippen LogP contribution in [0.4, 0.5) is 5.69 Å². The highest BCUT2D eigenvalue weighted by Gasteiger charge is 2.34. The van der Waals surface area contributed by atoms with Gasteiger partial charge < -0.3 is 10.1 Å². The van der Waals surface area contributed by atoms with Crippen LogP contribution in [0, 0.1) is 13.8 Å². The van der Waals surface area contributed by atoms with E-state index in [1.807, 2.05) is 50.2 Å². The van der Waals surface area contributed by atoms with Gasteiger partial charge in [0, 0.05) is 38.1 Å². The SMILES string of the molecule is Cc1cc(C)cc(N(CCCC(=O)NCC2(c3ccccc3)CCOCC2)S(C)(=O)=O)c1. The van der Waals surface area contributed by atoms with E-state index < -0.39 is 10.0 Å². The van der Waals surface area contributed by atoms with Crippen molar-refractivity contribution >= 4 is 21.6 Å². The first-order valence-electron chi connectivity index (χ1n) is 11.2. The number of ether oxygens (including phenoxy) is 1. The third-order valence-corrected chi connectivity index (χ3v) is 7.31. The zero-order chi connectivity index (χ0) is 23.2. The molecule has 3 rings (SSSR count). The fourth-order valence-corrected chi connectivity index (χ4v) is 5.39. The van der Waals surface area contributed by atoms with E-state index in [4.69, 9.17) is 4.74 Å². The van der Waals surface area contributed by atoms with Gasteiger partial charge in [0.15, 0.2) is 0 Å². The number of rotatable bonds is 9. The van der Waals surface area contributed by atoms with Crippen molar-refractivity contribution in [1.29, 1.82) is 0 Å². The molecule has 1 fully saturated rings. The molecule has 1 heterocycles. The first-order chi connectivity index (χ1) is 15.2. The lowest BCUT2D eigenvalue weighted by Crippen LogP contribution is -2.44. The average molecular weight is 459 g/mol. The second kappa shape index (κ2) is 10.5. The maximum Gasteiger partial charge on any atom is 0.232 e. The summed E-state index contributed by atoms with van der Waals surface area (Å²) in [7, 11) is -3.44. The molecule has 1 N–H and O–H groups in total. The van der Waals surface area contributed by atoms with Crippen molar-refractivity contribution < 1.29 is 17.9 Å². The van der Waals surface area contributed by atoms with Gasteiger partial charge >= 0.3 is 0 Å². The summed E-state index contributed by atoms with van der Waals surface area (Å²) in [6.45, 7) is 6.10. The number of hydrogen-bond donors (Lipinski definition) is 1. The number of carbonyl (C=O) groups is 1. The summed E-state index contributed by atoms with van der Waals surface area (Å²) >= 11 is 0. The maximum absolute atomic E-state index is 12.6. The Balaban J connectivity index is 1.59. The van der Waals surface area contributed by atoms with Gasteiger partial charge in [-0.2, -0.15) is 0 Å². The maximum atomic E-state index is 12.6. The van der Waals surface area contributed by atoms with Gasteiger partial charge in [-0.05, 0) is 61.9 Å². The Kier molecular flexibility index (Phi) is 7.96. The molecule has 6 nitrogen and oxygen atoms in total. The molecular formula is C25H34N2O4S. The Morgan fingerprint density at radius 2 is 1.69 bits per heavy atom. The molecule has 1 saturated heterocycles. The van der Waals surface area contributed by atoms with Crippen LogP contribution >= 0.6 is 0 Å². The van der Waals surface area contributed by atoms with Crippen LogP contribution in [0.3, 0.4) is 0 Å². The smallest absolute Gasteiger partial charge is 0.232 e. The molecule has 0 unspecified atom stereocenters. The second-order valence-corrected chi connectivity index (χ2v) is 10.7. The van der Waals surface area contributed by atoms with Crippen molar-refractivity contribution in [2.24, 2.45) is 0 Å². The van der Waals surface area contributed by atoms with E-state index in [-0.39, 0.29) is 24.3 Å². The molecule has 0 radical (unpaired) electrons. The summed E-state index contributed by atoms with van der Waals surface area (Å²) in [5.41, 5.74) is 3.77. The van der Waals surface area contributed by atoms with Crippen molar-refractivity contribution in [3.8, 4) is 0 Å². The number of hydrogen-bond acceptors (Lipinski definition) is 4. The van der Waals surface area contributed by atoms with E-state index >= 15 is 0 Å². The molecule has 0 aromatic heterocycles. The quantitative estimate of drug-likeness (QED) is 0.622. The summed E-state index contributed by atoms with van der Waals surface area (Å²) in [5.74, 6) is -0.0549. The Hall–Kier alpha value is -2.38. The van der Waals surface area contributed by atoms with Gasteiger partial charge in [0.1, 0.15) is 0 Å². The molecule has 174 valence electrons. The lowest BCUT2D eigenvalue weighted by molar-refractivity contribution is -0.121. The van der Waals surface area contributed by atoms with Crippen LogP contribution in [-0.2, 0) is 25.0 Å². The van der Waals surface area contributed by atoms with Crippen LogP contribution in [0.1, 0.15) is 42.4 Å². The zero-order valence-electron chi connectivity index (χ0n) is 19.3. The molecule has 7 heteroatoms. The summed E-state index contributed by atoms with van der Waals surface area (Å²) < 4.78 is 31.7. The van der Waals surface area contributed by atoms with Crippen LogP contribution in [0.25, 0.3) is 0 Å². The topological polar surface area (TPSA) is 75.7 Å². The number of amides is 1. The predicted molar refractivity (Wildman–Crippen MR) is 129 cm³/mol. The Morgan fingerprint density at radius 3 is 2.28 bits per heavy atom. The summed E-state index contributed by atoms with van der Waals surface area (Å²) in [6.07, 6.45) is 3.67. The molecule has 2 aromatic rings. The van der Waals surface area contributed by atoms with Crippen LogP contribution in [0.15, 0.2) is 48.5 Å². The number of benzene rings is 2. The van der Waals surface area contributed by atoms with Gasteiger partial charge in [0.25, 0.3) is 0 Å². The van der Waals surface area contributed by atoms with Crippen molar-refractivity contribution in [1.82, 2.24) is 5.32 Å². The minimum atomic E-state index is -3.44. The third kappa shape index (κ3) is 6.33. The normalized spacial score (nSPS) is 15.8. The van der Waals surface area contributed by atoms with Gasteiger partial charge in [-0.1, -0.05) is 36.4 Å². The Bertz CT molecular complexity index is 995. The average Bonchev–Trinajstić information content (AvgIpc) is 2.75. The summed E-state index contributed by atoms with van der Waals surface area (Å²) in [4.78, 5) is 12.6. The number of nitrogens with zero attached hydrogens (tertiary/aromatic N) is 1. The molecule has 0 bridgehead atoms. The van der Waals surface area contributed by atoms with Gasteiger partial charge in [-0.3, -0.25) is 9.10 Å².